The Morgan fingerprint density at radius 1 is 1.06 bits per heavy atom. The van der Waals surface area contributed by atoms with E-state index in [0.29, 0.717) is 11.3 Å². The lowest BCUT2D eigenvalue weighted by molar-refractivity contribution is 0.360. The van der Waals surface area contributed by atoms with Gasteiger partial charge in [-0.25, -0.2) is 8.78 Å². The van der Waals surface area contributed by atoms with Gasteiger partial charge in [-0.1, -0.05) is 24.3 Å². The Hall–Kier alpha value is -1.55. The van der Waals surface area contributed by atoms with Gasteiger partial charge >= 0.3 is 0 Å². The summed E-state index contributed by atoms with van der Waals surface area (Å²) in [6.07, 6.45) is 0. The highest BCUT2D eigenvalue weighted by atomic mass is 32.1. The molecule has 0 bridgehead atoms. The highest BCUT2D eigenvalue weighted by molar-refractivity contribution is 7.79. The van der Waals surface area contributed by atoms with Gasteiger partial charge in [0.25, 0.3) is 0 Å². The predicted octanol–water partition coefficient (Wildman–Crippen LogP) is 4.07. The Bertz CT molecular complexity index is 546. The summed E-state index contributed by atoms with van der Waals surface area (Å²) in [6, 6.07) is 9.92. The second-order valence-corrected chi connectivity index (χ2v) is 4.15. The SMILES string of the molecule is COc1c(F)cc(-c2cccc(CS)c2)cc1F. The van der Waals surface area contributed by atoms with Crippen LogP contribution < -0.4 is 4.74 Å². The molecular formula is C14H12F2OS. The summed E-state index contributed by atoms with van der Waals surface area (Å²) in [5.41, 5.74) is 2.23. The third-order valence-electron chi connectivity index (χ3n) is 2.65. The van der Waals surface area contributed by atoms with E-state index in [2.05, 4.69) is 17.4 Å². The van der Waals surface area contributed by atoms with E-state index in [0.717, 1.165) is 11.1 Å². The van der Waals surface area contributed by atoms with E-state index in [-0.39, 0.29) is 5.75 Å². The average molecular weight is 266 g/mol. The molecule has 0 saturated heterocycles. The van der Waals surface area contributed by atoms with Crippen LogP contribution in [0.15, 0.2) is 36.4 Å². The fourth-order valence-electron chi connectivity index (χ4n) is 1.77. The Morgan fingerprint density at radius 2 is 1.72 bits per heavy atom. The number of halogens is 2. The standard InChI is InChI=1S/C14H12F2OS/c1-17-14-12(15)6-11(7-13(14)16)10-4-2-3-9(5-10)8-18/h2-7,18H,8H2,1H3. The molecule has 18 heavy (non-hydrogen) atoms. The zero-order valence-electron chi connectivity index (χ0n) is 9.78. The van der Waals surface area contributed by atoms with Crippen molar-refractivity contribution < 1.29 is 13.5 Å². The molecule has 0 heterocycles. The van der Waals surface area contributed by atoms with Gasteiger partial charge in [-0.2, -0.15) is 12.6 Å². The van der Waals surface area contributed by atoms with E-state index in [1.54, 1.807) is 6.07 Å². The van der Waals surface area contributed by atoms with Crippen molar-refractivity contribution in [2.75, 3.05) is 7.11 Å². The first-order valence-corrected chi connectivity index (χ1v) is 6.02. The summed E-state index contributed by atoms with van der Waals surface area (Å²) in [5.74, 6) is -1.19. The maximum Gasteiger partial charge on any atom is 0.190 e. The van der Waals surface area contributed by atoms with Crippen molar-refractivity contribution in [3.05, 3.63) is 53.6 Å². The van der Waals surface area contributed by atoms with Crippen molar-refractivity contribution in [3.8, 4) is 16.9 Å². The first-order valence-electron chi connectivity index (χ1n) is 5.39. The number of hydrogen-bond acceptors (Lipinski definition) is 2. The van der Waals surface area contributed by atoms with Gasteiger partial charge in [0.2, 0.25) is 0 Å². The lowest BCUT2D eigenvalue weighted by Gasteiger charge is -2.08. The average Bonchev–Trinajstić information content (AvgIpc) is 2.38. The molecule has 0 aromatic heterocycles. The molecule has 0 unspecified atom stereocenters. The van der Waals surface area contributed by atoms with Crippen LogP contribution in [0.25, 0.3) is 11.1 Å². The Labute approximate surface area is 110 Å². The summed E-state index contributed by atoms with van der Waals surface area (Å²) in [7, 11) is 1.24. The van der Waals surface area contributed by atoms with Crippen LogP contribution in [-0.4, -0.2) is 7.11 Å². The summed E-state index contributed by atoms with van der Waals surface area (Å²) < 4.78 is 31.8. The maximum atomic E-state index is 13.6. The second kappa shape index (κ2) is 5.40. The van der Waals surface area contributed by atoms with Crippen molar-refractivity contribution in [1.29, 1.82) is 0 Å². The number of thiol groups is 1. The minimum Gasteiger partial charge on any atom is -0.491 e. The van der Waals surface area contributed by atoms with E-state index in [9.17, 15) is 8.78 Å². The largest absolute Gasteiger partial charge is 0.491 e. The normalized spacial score (nSPS) is 10.4. The van der Waals surface area contributed by atoms with Crippen LogP contribution in [0.4, 0.5) is 8.78 Å². The van der Waals surface area contributed by atoms with Gasteiger partial charge in [-0.15, -0.1) is 0 Å². The van der Waals surface area contributed by atoms with Crippen LogP contribution in [0.2, 0.25) is 0 Å². The summed E-state index contributed by atoms with van der Waals surface area (Å²) >= 11 is 4.17. The quantitative estimate of drug-likeness (QED) is 0.824. The number of ether oxygens (including phenoxy) is 1. The molecule has 0 saturated carbocycles. The molecule has 0 spiro atoms. The zero-order valence-corrected chi connectivity index (χ0v) is 10.7. The van der Waals surface area contributed by atoms with Crippen LogP contribution in [0, 0.1) is 11.6 Å². The van der Waals surface area contributed by atoms with Gasteiger partial charge in [0.1, 0.15) is 0 Å². The van der Waals surface area contributed by atoms with Crippen LogP contribution >= 0.6 is 12.6 Å². The number of methoxy groups -OCH3 is 1. The van der Waals surface area contributed by atoms with E-state index < -0.39 is 11.6 Å². The van der Waals surface area contributed by atoms with Crippen molar-refractivity contribution >= 4 is 12.6 Å². The summed E-state index contributed by atoms with van der Waals surface area (Å²) in [4.78, 5) is 0. The lowest BCUT2D eigenvalue weighted by Crippen LogP contribution is -1.94. The monoisotopic (exact) mass is 266 g/mol. The van der Waals surface area contributed by atoms with Crippen LogP contribution in [0.1, 0.15) is 5.56 Å². The number of rotatable bonds is 3. The van der Waals surface area contributed by atoms with Crippen LogP contribution in [0.3, 0.4) is 0 Å². The molecule has 0 aliphatic carbocycles. The molecule has 0 amide bonds. The molecular weight excluding hydrogens is 254 g/mol. The third-order valence-corrected chi connectivity index (χ3v) is 3.01. The molecule has 2 rings (SSSR count). The van der Waals surface area contributed by atoms with Crippen molar-refractivity contribution in [2.45, 2.75) is 5.75 Å². The van der Waals surface area contributed by atoms with Crippen molar-refractivity contribution in [2.24, 2.45) is 0 Å². The van der Waals surface area contributed by atoms with E-state index >= 15 is 0 Å². The fraction of sp³-hybridized carbons (Fsp3) is 0.143. The van der Waals surface area contributed by atoms with Crippen LogP contribution in [-0.2, 0) is 5.75 Å². The van der Waals surface area contributed by atoms with Gasteiger partial charge in [-0.05, 0) is 28.8 Å². The molecule has 0 N–H and O–H groups in total. The van der Waals surface area contributed by atoms with Gasteiger partial charge < -0.3 is 4.74 Å². The highest BCUT2D eigenvalue weighted by Gasteiger charge is 2.12. The molecule has 4 heteroatoms. The minimum atomic E-state index is -0.705. The smallest absolute Gasteiger partial charge is 0.190 e. The summed E-state index contributed by atoms with van der Waals surface area (Å²) in [5, 5.41) is 0. The minimum absolute atomic E-state index is 0.357. The molecule has 0 aliphatic heterocycles. The molecule has 0 radical (unpaired) electrons. The van der Waals surface area contributed by atoms with Gasteiger partial charge in [-0.3, -0.25) is 0 Å². The van der Waals surface area contributed by atoms with E-state index in [1.165, 1.54) is 19.2 Å². The first kappa shape index (κ1) is 12.9. The lowest BCUT2D eigenvalue weighted by atomic mass is 10.0. The Morgan fingerprint density at radius 3 is 2.28 bits per heavy atom. The first-order chi connectivity index (χ1) is 8.65. The Balaban J connectivity index is 2.51. The topological polar surface area (TPSA) is 9.23 Å². The predicted molar refractivity (Wildman–Crippen MR) is 71.0 cm³/mol. The molecule has 2 aromatic rings. The van der Waals surface area contributed by atoms with Gasteiger partial charge in [0.15, 0.2) is 17.4 Å². The number of benzene rings is 2. The molecule has 94 valence electrons. The molecule has 0 fully saturated rings. The van der Waals surface area contributed by atoms with Gasteiger partial charge in [0, 0.05) is 5.75 Å². The molecule has 0 aliphatic rings. The van der Waals surface area contributed by atoms with Gasteiger partial charge in [0.05, 0.1) is 7.11 Å². The Kier molecular flexibility index (Phi) is 3.87. The second-order valence-electron chi connectivity index (χ2n) is 3.83. The fourth-order valence-corrected chi connectivity index (χ4v) is 1.97. The van der Waals surface area contributed by atoms with Crippen molar-refractivity contribution in [3.63, 3.8) is 0 Å². The molecule has 1 nitrogen and oxygen atoms in total. The van der Waals surface area contributed by atoms with Crippen molar-refractivity contribution in [1.82, 2.24) is 0 Å². The zero-order chi connectivity index (χ0) is 13.1. The van der Waals surface area contributed by atoms with E-state index in [4.69, 9.17) is 0 Å². The maximum absolute atomic E-state index is 13.6. The van der Waals surface area contributed by atoms with E-state index in [1.807, 2.05) is 18.2 Å². The highest BCUT2D eigenvalue weighted by Crippen LogP contribution is 2.29. The number of hydrogen-bond donors (Lipinski definition) is 1. The molecule has 2 aromatic carbocycles. The third kappa shape index (κ3) is 2.48. The summed E-state index contributed by atoms with van der Waals surface area (Å²) in [6.45, 7) is 0. The molecule has 0 atom stereocenters. The van der Waals surface area contributed by atoms with Crippen LogP contribution in [0.5, 0.6) is 5.75 Å².